The fraction of sp³-hybridized carbons (Fsp3) is 1.00. The molecule has 0 bridgehead atoms. The molecule has 3 nitrogen and oxygen atoms in total. The number of nitrogens with one attached hydrogen (secondary N) is 1. The van der Waals surface area contributed by atoms with Gasteiger partial charge in [-0.05, 0) is 49.9 Å². The maximum atomic E-state index is 10.1. The summed E-state index contributed by atoms with van der Waals surface area (Å²) in [5.74, 6) is 1.34. The maximum absolute atomic E-state index is 10.1. The van der Waals surface area contributed by atoms with Crippen molar-refractivity contribution in [3.63, 3.8) is 0 Å². The highest BCUT2D eigenvalue weighted by Gasteiger charge is 2.43. The topological polar surface area (TPSA) is 35.5 Å². The van der Waals surface area contributed by atoms with Crippen LogP contribution >= 0.6 is 0 Å². The van der Waals surface area contributed by atoms with Crippen LogP contribution in [0.25, 0.3) is 0 Å². The first-order valence-electron chi connectivity index (χ1n) is 8.79. The normalized spacial score (nSPS) is 34.6. The molecule has 0 aromatic heterocycles. The molecule has 3 fully saturated rings. The van der Waals surface area contributed by atoms with Gasteiger partial charge in [0.05, 0.1) is 6.10 Å². The quantitative estimate of drug-likeness (QED) is 0.751. The van der Waals surface area contributed by atoms with Gasteiger partial charge in [0.25, 0.3) is 0 Å². The molecule has 0 aromatic carbocycles. The molecule has 0 radical (unpaired) electrons. The summed E-state index contributed by atoms with van der Waals surface area (Å²) in [6, 6.07) is 0.812. The Labute approximate surface area is 124 Å². The van der Waals surface area contributed by atoms with Crippen molar-refractivity contribution in [1.82, 2.24) is 10.2 Å². The van der Waals surface area contributed by atoms with Crippen molar-refractivity contribution in [2.24, 2.45) is 17.3 Å². The van der Waals surface area contributed by atoms with Crippen LogP contribution in [0.2, 0.25) is 0 Å². The summed E-state index contributed by atoms with van der Waals surface area (Å²) in [6.07, 6.45) is 7.54. The van der Waals surface area contributed by atoms with Gasteiger partial charge in [-0.15, -0.1) is 0 Å². The number of hydrogen-bond donors (Lipinski definition) is 2. The molecule has 20 heavy (non-hydrogen) atoms. The fourth-order valence-corrected chi connectivity index (χ4v) is 4.36. The second-order valence-electron chi connectivity index (χ2n) is 7.62. The molecule has 2 N–H and O–H groups in total. The van der Waals surface area contributed by atoms with Crippen molar-refractivity contribution in [2.45, 2.75) is 64.5 Å². The summed E-state index contributed by atoms with van der Waals surface area (Å²) in [7, 11) is 0. The Kier molecular flexibility index (Phi) is 4.40. The van der Waals surface area contributed by atoms with Crippen LogP contribution in [0.4, 0.5) is 0 Å². The second kappa shape index (κ2) is 5.94. The lowest BCUT2D eigenvalue weighted by Gasteiger charge is -2.36. The highest BCUT2D eigenvalue weighted by Crippen LogP contribution is 2.40. The monoisotopic (exact) mass is 280 g/mol. The van der Waals surface area contributed by atoms with E-state index in [0.717, 1.165) is 24.9 Å². The van der Waals surface area contributed by atoms with E-state index < -0.39 is 0 Å². The van der Waals surface area contributed by atoms with Gasteiger partial charge in [0, 0.05) is 38.1 Å². The minimum Gasteiger partial charge on any atom is -0.393 e. The third-order valence-corrected chi connectivity index (χ3v) is 6.30. The van der Waals surface area contributed by atoms with Gasteiger partial charge < -0.3 is 15.3 Å². The molecule has 3 atom stereocenters. The van der Waals surface area contributed by atoms with Crippen LogP contribution in [0.5, 0.6) is 0 Å². The largest absolute Gasteiger partial charge is 0.393 e. The number of rotatable bonds is 7. The first kappa shape index (κ1) is 14.8. The van der Waals surface area contributed by atoms with Crippen molar-refractivity contribution in [2.75, 3.05) is 26.2 Å². The summed E-state index contributed by atoms with van der Waals surface area (Å²) >= 11 is 0. The zero-order valence-electron chi connectivity index (χ0n) is 13.3. The number of aliphatic hydroxyl groups is 1. The van der Waals surface area contributed by atoms with Crippen molar-refractivity contribution >= 4 is 0 Å². The van der Waals surface area contributed by atoms with E-state index in [1.807, 2.05) is 0 Å². The molecule has 3 heteroatoms. The highest BCUT2D eigenvalue weighted by atomic mass is 16.3. The number of nitrogens with zero attached hydrogens (tertiary/aromatic N) is 1. The van der Waals surface area contributed by atoms with Crippen LogP contribution in [-0.2, 0) is 0 Å². The molecule has 3 aliphatic rings. The summed E-state index contributed by atoms with van der Waals surface area (Å²) < 4.78 is 0. The molecular weight excluding hydrogens is 248 g/mol. The lowest BCUT2D eigenvalue weighted by molar-refractivity contribution is 0.108. The SMILES string of the molecule is CCC(CC)(CNC1CC1)CN1CC2CCC(O)C2C1. The van der Waals surface area contributed by atoms with E-state index in [9.17, 15) is 5.11 Å². The fourth-order valence-electron chi connectivity index (χ4n) is 4.36. The van der Waals surface area contributed by atoms with E-state index in [2.05, 4.69) is 24.1 Å². The van der Waals surface area contributed by atoms with Gasteiger partial charge in [-0.25, -0.2) is 0 Å². The minimum atomic E-state index is -0.0211. The van der Waals surface area contributed by atoms with Gasteiger partial charge in [-0.2, -0.15) is 0 Å². The first-order chi connectivity index (χ1) is 9.65. The Morgan fingerprint density at radius 3 is 2.45 bits per heavy atom. The Bertz CT molecular complexity index is 325. The van der Waals surface area contributed by atoms with E-state index in [0.29, 0.717) is 11.3 Å². The number of hydrogen-bond acceptors (Lipinski definition) is 3. The van der Waals surface area contributed by atoms with E-state index >= 15 is 0 Å². The Morgan fingerprint density at radius 2 is 1.85 bits per heavy atom. The molecule has 2 saturated carbocycles. The van der Waals surface area contributed by atoms with Crippen molar-refractivity contribution in [3.8, 4) is 0 Å². The average Bonchev–Trinajstić information content (AvgIpc) is 3.12. The number of fused-ring (bicyclic) bond motifs is 1. The summed E-state index contributed by atoms with van der Waals surface area (Å²) in [4.78, 5) is 2.65. The zero-order chi connectivity index (χ0) is 14.2. The van der Waals surface area contributed by atoms with Crippen LogP contribution in [0.1, 0.15) is 52.4 Å². The molecule has 1 saturated heterocycles. The summed E-state index contributed by atoms with van der Waals surface area (Å²) in [5.41, 5.74) is 0.437. The van der Waals surface area contributed by atoms with E-state index in [-0.39, 0.29) is 6.10 Å². The van der Waals surface area contributed by atoms with E-state index in [1.165, 1.54) is 51.7 Å². The van der Waals surface area contributed by atoms with Gasteiger partial charge in [-0.3, -0.25) is 0 Å². The molecular formula is C17H32N2O. The highest BCUT2D eigenvalue weighted by molar-refractivity contribution is 4.96. The summed E-state index contributed by atoms with van der Waals surface area (Å²) in [5, 5.41) is 13.8. The summed E-state index contributed by atoms with van der Waals surface area (Å²) in [6.45, 7) is 9.47. The standard InChI is InChI=1S/C17H32N2O/c1-3-17(4-2,11-18-14-6-7-14)12-19-9-13-5-8-16(20)15(13)10-19/h13-16,18,20H,3-12H2,1-2H3. The maximum Gasteiger partial charge on any atom is 0.0583 e. The van der Waals surface area contributed by atoms with Gasteiger partial charge >= 0.3 is 0 Å². The van der Waals surface area contributed by atoms with Gasteiger partial charge in [0.15, 0.2) is 0 Å². The minimum absolute atomic E-state index is 0.0211. The molecule has 1 heterocycles. The smallest absolute Gasteiger partial charge is 0.0583 e. The first-order valence-corrected chi connectivity index (χ1v) is 8.79. The van der Waals surface area contributed by atoms with Crippen molar-refractivity contribution < 1.29 is 5.11 Å². The number of likely N-dealkylation sites (tertiary alicyclic amines) is 1. The lowest BCUT2D eigenvalue weighted by Crippen LogP contribution is -2.44. The van der Waals surface area contributed by atoms with Gasteiger partial charge in [-0.1, -0.05) is 13.8 Å². The second-order valence-corrected chi connectivity index (χ2v) is 7.62. The predicted molar refractivity (Wildman–Crippen MR) is 82.7 cm³/mol. The van der Waals surface area contributed by atoms with E-state index in [1.54, 1.807) is 0 Å². The third-order valence-electron chi connectivity index (χ3n) is 6.30. The molecule has 3 rings (SSSR count). The third kappa shape index (κ3) is 3.05. The molecule has 0 spiro atoms. The van der Waals surface area contributed by atoms with Crippen LogP contribution in [0.15, 0.2) is 0 Å². The average molecular weight is 280 g/mol. The Balaban J connectivity index is 1.56. The van der Waals surface area contributed by atoms with Gasteiger partial charge in [0.2, 0.25) is 0 Å². The predicted octanol–water partition coefficient (Wildman–Crippen LogP) is 2.25. The van der Waals surface area contributed by atoms with Crippen molar-refractivity contribution in [1.29, 1.82) is 0 Å². The van der Waals surface area contributed by atoms with Crippen LogP contribution in [-0.4, -0.2) is 48.3 Å². The van der Waals surface area contributed by atoms with Crippen molar-refractivity contribution in [3.05, 3.63) is 0 Å². The molecule has 116 valence electrons. The Morgan fingerprint density at radius 1 is 1.10 bits per heavy atom. The van der Waals surface area contributed by atoms with Crippen LogP contribution in [0.3, 0.4) is 0 Å². The molecule has 1 aliphatic heterocycles. The molecule has 3 unspecified atom stereocenters. The Hall–Kier alpha value is -0.120. The zero-order valence-corrected chi connectivity index (χ0v) is 13.3. The van der Waals surface area contributed by atoms with Crippen LogP contribution < -0.4 is 5.32 Å². The molecule has 2 aliphatic carbocycles. The molecule has 0 amide bonds. The lowest BCUT2D eigenvalue weighted by atomic mass is 9.81. The number of aliphatic hydroxyl groups excluding tert-OH is 1. The van der Waals surface area contributed by atoms with E-state index in [4.69, 9.17) is 0 Å². The molecule has 0 aromatic rings. The van der Waals surface area contributed by atoms with Crippen LogP contribution in [0, 0.1) is 17.3 Å². The van der Waals surface area contributed by atoms with Gasteiger partial charge in [0.1, 0.15) is 0 Å².